The van der Waals surface area contributed by atoms with Crippen molar-refractivity contribution in [1.29, 1.82) is 0 Å². The highest BCUT2D eigenvalue weighted by Crippen LogP contribution is 2.31. The van der Waals surface area contributed by atoms with Gasteiger partial charge in [0.2, 0.25) is 5.91 Å². The molecule has 0 spiro atoms. The number of benzene rings is 2. The highest BCUT2D eigenvalue weighted by molar-refractivity contribution is 7.99. The van der Waals surface area contributed by atoms with Gasteiger partial charge in [0.15, 0.2) is 5.16 Å². The van der Waals surface area contributed by atoms with Crippen LogP contribution in [0, 0.1) is 0 Å². The van der Waals surface area contributed by atoms with Crippen molar-refractivity contribution in [2.45, 2.75) is 12.1 Å². The third-order valence-electron chi connectivity index (χ3n) is 4.76. The first-order valence-electron chi connectivity index (χ1n) is 10.2. The average Bonchev–Trinajstić information content (AvgIpc) is 3.26. The molecule has 4 aromatic rings. The first kappa shape index (κ1) is 22.8. The first-order valence-corrected chi connectivity index (χ1v) is 12.0. The maximum Gasteiger partial charge on any atom is 0.338 e. The second kappa shape index (κ2) is 10.0. The van der Waals surface area contributed by atoms with Gasteiger partial charge >= 0.3 is 5.97 Å². The molecule has 2 aromatic heterocycles. The summed E-state index contributed by atoms with van der Waals surface area (Å²) in [5, 5.41) is 3.22. The molecule has 0 aliphatic rings. The standard InChI is InChI=1S/C24H21N3O4S2/c1-3-31-23(30)16-10-7-11-17(12-16)25-20(28)14-32-24-26-18-13-19(15-8-5-4-6-9-15)33-21(18)22(29)27(24)2/h4-13H,3,14H2,1-2H3,(H,25,28). The molecule has 0 fully saturated rings. The molecule has 0 unspecified atom stereocenters. The van der Waals surface area contributed by atoms with Crippen molar-refractivity contribution >= 4 is 50.9 Å². The zero-order chi connectivity index (χ0) is 23.4. The third kappa shape index (κ3) is 5.15. The average molecular weight is 480 g/mol. The molecule has 1 N–H and O–H groups in total. The van der Waals surface area contributed by atoms with Crippen LogP contribution in [-0.4, -0.2) is 33.8 Å². The van der Waals surface area contributed by atoms with Gasteiger partial charge in [0.05, 0.1) is 23.4 Å². The lowest BCUT2D eigenvalue weighted by molar-refractivity contribution is -0.113. The van der Waals surface area contributed by atoms with Crippen LogP contribution in [0.15, 0.2) is 70.6 Å². The number of aromatic nitrogens is 2. The Morgan fingerprint density at radius 1 is 1.12 bits per heavy atom. The summed E-state index contributed by atoms with van der Waals surface area (Å²) < 4.78 is 7.04. The molecule has 7 nitrogen and oxygen atoms in total. The zero-order valence-electron chi connectivity index (χ0n) is 18.0. The van der Waals surface area contributed by atoms with Crippen molar-refractivity contribution < 1.29 is 14.3 Å². The highest BCUT2D eigenvalue weighted by atomic mass is 32.2. The Labute approximate surface area is 198 Å². The minimum absolute atomic E-state index is 0.0606. The van der Waals surface area contributed by atoms with E-state index in [0.717, 1.165) is 10.4 Å². The summed E-state index contributed by atoms with van der Waals surface area (Å²) >= 11 is 2.59. The second-order valence-corrected chi connectivity index (χ2v) is 9.08. The summed E-state index contributed by atoms with van der Waals surface area (Å²) in [7, 11) is 1.65. The van der Waals surface area contributed by atoms with Gasteiger partial charge in [0, 0.05) is 17.6 Å². The maximum atomic E-state index is 12.9. The third-order valence-corrected chi connectivity index (χ3v) is 6.95. The zero-order valence-corrected chi connectivity index (χ0v) is 19.7. The molecule has 0 atom stereocenters. The van der Waals surface area contributed by atoms with Gasteiger partial charge in [-0.2, -0.15) is 0 Å². The van der Waals surface area contributed by atoms with Gasteiger partial charge in [-0.3, -0.25) is 14.2 Å². The van der Waals surface area contributed by atoms with Crippen molar-refractivity contribution in [3.8, 4) is 10.4 Å². The van der Waals surface area contributed by atoms with Crippen LogP contribution in [0.25, 0.3) is 20.7 Å². The number of esters is 1. The van der Waals surface area contributed by atoms with E-state index in [-0.39, 0.29) is 23.8 Å². The largest absolute Gasteiger partial charge is 0.462 e. The Kier molecular flexibility index (Phi) is 6.90. The van der Waals surface area contributed by atoms with Gasteiger partial charge in [-0.15, -0.1) is 11.3 Å². The molecule has 0 aliphatic heterocycles. The number of thioether (sulfide) groups is 1. The summed E-state index contributed by atoms with van der Waals surface area (Å²) in [5.74, 6) is -0.655. The summed E-state index contributed by atoms with van der Waals surface area (Å²) in [6.45, 7) is 2.01. The fourth-order valence-corrected chi connectivity index (χ4v) is 5.02. The SMILES string of the molecule is CCOC(=O)c1cccc(NC(=O)CSc2nc3cc(-c4ccccc4)sc3c(=O)n2C)c1. The van der Waals surface area contributed by atoms with Gasteiger partial charge in [0.25, 0.3) is 5.56 Å². The van der Waals surface area contributed by atoms with E-state index in [1.165, 1.54) is 27.7 Å². The van der Waals surface area contributed by atoms with Crippen LogP contribution in [-0.2, 0) is 16.6 Å². The fourth-order valence-electron chi connectivity index (χ4n) is 3.17. The first-order chi connectivity index (χ1) is 16.0. The minimum Gasteiger partial charge on any atom is -0.462 e. The number of rotatable bonds is 7. The van der Waals surface area contributed by atoms with Gasteiger partial charge < -0.3 is 10.1 Å². The Bertz CT molecular complexity index is 1380. The van der Waals surface area contributed by atoms with Crippen LogP contribution >= 0.6 is 23.1 Å². The number of anilines is 1. The predicted octanol–water partition coefficient (Wildman–Crippen LogP) is 4.57. The molecule has 168 valence electrons. The van der Waals surface area contributed by atoms with Crippen molar-refractivity contribution in [2.75, 3.05) is 17.7 Å². The summed E-state index contributed by atoms with van der Waals surface area (Å²) in [6, 6.07) is 18.3. The number of carbonyl (C=O) groups is 2. The summed E-state index contributed by atoms with van der Waals surface area (Å²) in [5.41, 5.74) is 2.36. The van der Waals surface area contributed by atoms with Crippen LogP contribution in [0.5, 0.6) is 0 Å². The van der Waals surface area contributed by atoms with Crippen LogP contribution in [0.1, 0.15) is 17.3 Å². The molecule has 0 saturated carbocycles. The van der Waals surface area contributed by atoms with E-state index in [0.29, 0.717) is 26.6 Å². The number of carbonyl (C=O) groups excluding carboxylic acids is 2. The Hall–Kier alpha value is -3.43. The van der Waals surface area contributed by atoms with Crippen LogP contribution in [0.3, 0.4) is 0 Å². The smallest absolute Gasteiger partial charge is 0.338 e. The highest BCUT2D eigenvalue weighted by Gasteiger charge is 2.15. The molecule has 1 amide bonds. The fraction of sp³-hybridized carbons (Fsp3) is 0.167. The number of ether oxygens (including phenoxy) is 1. The summed E-state index contributed by atoms with van der Waals surface area (Å²) in [4.78, 5) is 42.8. The molecule has 33 heavy (non-hydrogen) atoms. The Morgan fingerprint density at radius 2 is 1.91 bits per heavy atom. The van der Waals surface area contributed by atoms with Crippen molar-refractivity contribution in [3.63, 3.8) is 0 Å². The van der Waals surface area contributed by atoms with Gasteiger partial charge in [-0.1, -0.05) is 48.2 Å². The van der Waals surface area contributed by atoms with E-state index < -0.39 is 5.97 Å². The minimum atomic E-state index is -0.443. The normalized spacial score (nSPS) is 10.8. The van der Waals surface area contributed by atoms with E-state index in [1.807, 2.05) is 36.4 Å². The lowest BCUT2D eigenvalue weighted by atomic mass is 10.2. The van der Waals surface area contributed by atoms with Crippen LogP contribution < -0.4 is 10.9 Å². The molecular formula is C24H21N3O4S2. The van der Waals surface area contributed by atoms with Crippen molar-refractivity contribution in [1.82, 2.24) is 9.55 Å². The van der Waals surface area contributed by atoms with E-state index in [9.17, 15) is 14.4 Å². The van der Waals surface area contributed by atoms with Crippen LogP contribution in [0.2, 0.25) is 0 Å². The number of fused-ring (bicyclic) bond motifs is 1. The van der Waals surface area contributed by atoms with E-state index in [1.54, 1.807) is 38.2 Å². The van der Waals surface area contributed by atoms with Gasteiger partial charge in [-0.25, -0.2) is 9.78 Å². The number of amides is 1. The molecule has 0 aliphatic carbocycles. The number of hydrogen-bond donors (Lipinski definition) is 1. The molecule has 0 bridgehead atoms. The van der Waals surface area contributed by atoms with Gasteiger partial charge in [-0.05, 0) is 36.8 Å². The van der Waals surface area contributed by atoms with Gasteiger partial charge in [0.1, 0.15) is 4.70 Å². The number of nitrogens with zero attached hydrogens (tertiary/aromatic N) is 2. The van der Waals surface area contributed by atoms with Crippen LogP contribution in [0.4, 0.5) is 5.69 Å². The lowest BCUT2D eigenvalue weighted by Gasteiger charge is -2.09. The quantitative estimate of drug-likeness (QED) is 0.237. The van der Waals surface area contributed by atoms with E-state index >= 15 is 0 Å². The van der Waals surface area contributed by atoms with E-state index in [4.69, 9.17) is 4.74 Å². The Morgan fingerprint density at radius 3 is 2.67 bits per heavy atom. The molecule has 2 aromatic carbocycles. The number of hydrogen-bond acceptors (Lipinski definition) is 7. The molecule has 2 heterocycles. The second-order valence-electron chi connectivity index (χ2n) is 7.09. The molecular weight excluding hydrogens is 458 g/mol. The Balaban J connectivity index is 1.48. The number of thiophene rings is 1. The maximum absolute atomic E-state index is 12.9. The molecule has 0 saturated heterocycles. The topological polar surface area (TPSA) is 90.3 Å². The predicted molar refractivity (Wildman–Crippen MR) is 132 cm³/mol. The number of nitrogens with one attached hydrogen (secondary N) is 1. The lowest BCUT2D eigenvalue weighted by Crippen LogP contribution is -2.20. The van der Waals surface area contributed by atoms with Crippen molar-refractivity contribution in [2.24, 2.45) is 7.05 Å². The van der Waals surface area contributed by atoms with Crippen molar-refractivity contribution in [3.05, 3.63) is 76.6 Å². The monoisotopic (exact) mass is 479 g/mol. The summed E-state index contributed by atoms with van der Waals surface area (Å²) in [6.07, 6.45) is 0. The molecule has 9 heteroatoms. The van der Waals surface area contributed by atoms with E-state index in [2.05, 4.69) is 10.3 Å². The molecule has 4 rings (SSSR count). The molecule has 0 radical (unpaired) electrons.